The van der Waals surface area contributed by atoms with Gasteiger partial charge in [-0.05, 0) is 12.8 Å². The van der Waals surface area contributed by atoms with Crippen molar-refractivity contribution >= 4 is 15.8 Å². The minimum absolute atomic E-state index is 0.0776. The highest BCUT2D eigenvalue weighted by Gasteiger charge is 2.27. The molecule has 16 heavy (non-hydrogen) atoms. The molecule has 7 heteroatoms. The summed E-state index contributed by atoms with van der Waals surface area (Å²) in [5, 5.41) is 8.69. The second-order valence-electron chi connectivity index (χ2n) is 3.95. The number of H-pyrrole nitrogens is 1. The number of hydrogen-bond acceptors (Lipinski definition) is 4. The summed E-state index contributed by atoms with van der Waals surface area (Å²) >= 11 is 0. The van der Waals surface area contributed by atoms with Crippen molar-refractivity contribution in [2.24, 2.45) is 0 Å². The van der Waals surface area contributed by atoms with Crippen LogP contribution in [0, 0.1) is 0 Å². The summed E-state index contributed by atoms with van der Waals surface area (Å²) in [5.41, 5.74) is 0.598. The molecule has 1 aromatic heterocycles. The first-order chi connectivity index (χ1) is 7.48. The molecular formula is C9H12N2O4S. The zero-order valence-corrected chi connectivity index (χ0v) is 9.33. The molecule has 1 unspecified atom stereocenters. The standard InChI is InChI=1S/C9H12N2O4S/c12-9(13)8-10-4-7(11-8)6-2-1-3-16(14,15)5-6/h4,6H,1-3,5H2,(H,10,11)(H,12,13). The van der Waals surface area contributed by atoms with E-state index >= 15 is 0 Å². The number of sulfone groups is 1. The number of aromatic amines is 1. The SMILES string of the molecule is O=C(O)c1ncc(C2CCCS(=O)(=O)C2)[nH]1. The maximum absolute atomic E-state index is 11.4. The number of carboxylic acid groups (broad SMARTS) is 1. The Morgan fingerprint density at radius 2 is 2.31 bits per heavy atom. The van der Waals surface area contributed by atoms with E-state index in [1.54, 1.807) is 0 Å². The van der Waals surface area contributed by atoms with Gasteiger partial charge in [-0.15, -0.1) is 0 Å². The minimum Gasteiger partial charge on any atom is -0.475 e. The number of carbonyl (C=O) groups is 1. The summed E-state index contributed by atoms with van der Waals surface area (Å²) in [5.74, 6) is -1.13. The molecule has 6 nitrogen and oxygen atoms in total. The van der Waals surface area contributed by atoms with Crippen LogP contribution in [0.5, 0.6) is 0 Å². The number of imidazole rings is 1. The third-order valence-electron chi connectivity index (χ3n) is 2.70. The number of rotatable bonds is 2. The van der Waals surface area contributed by atoms with Gasteiger partial charge in [0.05, 0.1) is 11.5 Å². The first-order valence-electron chi connectivity index (χ1n) is 4.96. The topological polar surface area (TPSA) is 100 Å². The molecule has 0 saturated carbocycles. The molecule has 1 aliphatic heterocycles. The van der Waals surface area contributed by atoms with Crippen LogP contribution in [0.3, 0.4) is 0 Å². The van der Waals surface area contributed by atoms with E-state index in [1.165, 1.54) is 6.20 Å². The van der Waals surface area contributed by atoms with Gasteiger partial charge in [0, 0.05) is 17.8 Å². The molecule has 1 atom stereocenters. The van der Waals surface area contributed by atoms with Crippen LogP contribution >= 0.6 is 0 Å². The van der Waals surface area contributed by atoms with Crippen LogP contribution in [-0.4, -0.2) is 41.0 Å². The second kappa shape index (κ2) is 3.89. The maximum atomic E-state index is 11.4. The lowest BCUT2D eigenvalue weighted by atomic mass is 10.0. The molecule has 2 heterocycles. The molecular weight excluding hydrogens is 232 g/mol. The van der Waals surface area contributed by atoms with Crippen LogP contribution in [0.25, 0.3) is 0 Å². The van der Waals surface area contributed by atoms with Crippen LogP contribution in [-0.2, 0) is 9.84 Å². The Hall–Kier alpha value is -1.37. The van der Waals surface area contributed by atoms with Crippen LogP contribution in [0.4, 0.5) is 0 Å². The third-order valence-corrected chi connectivity index (χ3v) is 4.52. The number of aromatic carboxylic acids is 1. The number of aromatic nitrogens is 2. The lowest BCUT2D eigenvalue weighted by molar-refractivity contribution is 0.0684. The zero-order chi connectivity index (χ0) is 11.8. The van der Waals surface area contributed by atoms with Gasteiger partial charge >= 0.3 is 5.97 Å². The molecule has 1 saturated heterocycles. The van der Waals surface area contributed by atoms with Gasteiger partial charge in [-0.25, -0.2) is 18.2 Å². The Morgan fingerprint density at radius 3 is 2.88 bits per heavy atom. The van der Waals surface area contributed by atoms with E-state index in [0.29, 0.717) is 12.1 Å². The Bertz CT molecular complexity index is 505. The van der Waals surface area contributed by atoms with Gasteiger partial charge in [-0.2, -0.15) is 0 Å². The third kappa shape index (κ3) is 2.24. The molecule has 88 valence electrons. The van der Waals surface area contributed by atoms with Gasteiger partial charge in [0.1, 0.15) is 0 Å². The van der Waals surface area contributed by atoms with Crippen molar-refractivity contribution in [1.82, 2.24) is 9.97 Å². The summed E-state index contributed by atoms with van der Waals surface area (Å²) in [6, 6.07) is 0. The molecule has 2 N–H and O–H groups in total. The van der Waals surface area contributed by atoms with Crippen molar-refractivity contribution in [2.45, 2.75) is 18.8 Å². The molecule has 0 amide bonds. The average molecular weight is 244 g/mol. The number of hydrogen-bond donors (Lipinski definition) is 2. The van der Waals surface area contributed by atoms with E-state index in [-0.39, 0.29) is 23.2 Å². The molecule has 2 rings (SSSR count). The summed E-state index contributed by atoms with van der Waals surface area (Å²) in [6.07, 6.45) is 2.78. The first-order valence-corrected chi connectivity index (χ1v) is 6.79. The number of nitrogens with zero attached hydrogens (tertiary/aromatic N) is 1. The van der Waals surface area contributed by atoms with Crippen LogP contribution in [0.2, 0.25) is 0 Å². The molecule has 0 radical (unpaired) electrons. The van der Waals surface area contributed by atoms with Gasteiger partial charge in [0.15, 0.2) is 9.84 Å². The van der Waals surface area contributed by atoms with Crippen molar-refractivity contribution in [1.29, 1.82) is 0 Å². The van der Waals surface area contributed by atoms with Crippen molar-refractivity contribution in [3.05, 3.63) is 17.7 Å². The van der Waals surface area contributed by atoms with Crippen molar-refractivity contribution in [3.8, 4) is 0 Å². The molecule has 1 fully saturated rings. The minimum atomic E-state index is -2.99. The number of carboxylic acids is 1. The van der Waals surface area contributed by atoms with E-state index in [4.69, 9.17) is 5.11 Å². The van der Waals surface area contributed by atoms with Crippen molar-refractivity contribution in [3.63, 3.8) is 0 Å². The molecule has 1 aliphatic rings. The lowest BCUT2D eigenvalue weighted by Gasteiger charge is -2.20. The Balaban J connectivity index is 2.20. The highest BCUT2D eigenvalue weighted by Crippen LogP contribution is 2.26. The largest absolute Gasteiger partial charge is 0.475 e. The Labute approximate surface area is 92.6 Å². The van der Waals surface area contributed by atoms with Gasteiger partial charge in [0.25, 0.3) is 0 Å². The Kier molecular flexibility index (Phi) is 2.71. The van der Waals surface area contributed by atoms with E-state index in [1.807, 2.05) is 0 Å². The van der Waals surface area contributed by atoms with Crippen LogP contribution in [0.1, 0.15) is 35.1 Å². The second-order valence-corrected chi connectivity index (χ2v) is 6.17. The summed E-state index contributed by atoms with van der Waals surface area (Å²) < 4.78 is 22.8. The fourth-order valence-electron chi connectivity index (χ4n) is 1.92. The number of nitrogens with one attached hydrogen (secondary N) is 1. The molecule has 0 spiro atoms. The van der Waals surface area contributed by atoms with Gasteiger partial charge in [0.2, 0.25) is 5.82 Å². The summed E-state index contributed by atoms with van der Waals surface area (Å²) in [4.78, 5) is 16.9. The van der Waals surface area contributed by atoms with Gasteiger partial charge < -0.3 is 10.1 Å². The van der Waals surface area contributed by atoms with E-state index < -0.39 is 15.8 Å². The van der Waals surface area contributed by atoms with Crippen molar-refractivity contribution in [2.75, 3.05) is 11.5 Å². The lowest BCUT2D eigenvalue weighted by Crippen LogP contribution is -2.23. The fraction of sp³-hybridized carbons (Fsp3) is 0.556. The normalized spacial score (nSPS) is 24.1. The molecule has 0 aliphatic carbocycles. The average Bonchev–Trinajstić information content (AvgIpc) is 2.64. The van der Waals surface area contributed by atoms with Gasteiger partial charge in [-0.3, -0.25) is 0 Å². The maximum Gasteiger partial charge on any atom is 0.371 e. The van der Waals surface area contributed by atoms with E-state index in [2.05, 4.69) is 9.97 Å². The monoisotopic (exact) mass is 244 g/mol. The summed E-state index contributed by atoms with van der Waals surface area (Å²) in [7, 11) is -2.99. The quantitative estimate of drug-likeness (QED) is 0.784. The predicted molar refractivity (Wildman–Crippen MR) is 56.2 cm³/mol. The predicted octanol–water partition coefficient (Wildman–Crippen LogP) is 0.400. The van der Waals surface area contributed by atoms with Crippen LogP contribution < -0.4 is 0 Å². The Morgan fingerprint density at radius 1 is 1.56 bits per heavy atom. The van der Waals surface area contributed by atoms with Gasteiger partial charge in [-0.1, -0.05) is 0 Å². The molecule has 0 bridgehead atoms. The van der Waals surface area contributed by atoms with E-state index in [9.17, 15) is 13.2 Å². The molecule has 1 aromatic rings. The van der Waals surface area contributed by atoms with Crippen molar-refractivity contribution < 1.29 is 18.3 Å². The van der Waals surface area contributed by atoms with Crippen LogP contribution in [0.15, 0.2) is 6.20 Å². The first kappa shape index (κ1) is 11.1. The fourth-order valence-corrected chi connectivity index (χ4v) is 3.65. The smallest absolute Gasteiger partial charge is 0.371 e. The molecule has 0 aromatic carbocycles. The van der Waals surface area contributed by atoms with E-state index in [0.717, 1.165) is 6.42 Å². The highest BCUT2D eigenvalue weighted by molar-refractivity contribution is 7.91. The summed E-state index contributed by atoms with van der Waals surface area (Å²) in [6.45, 7) is 0. The highest BCUT2D eigenvalue weighted by atomic mass is 32.2. The zero-order valence-electron chi connectivity index (χ0n) is 8.51.